The van der Waals surface area contributed by atoms with Crippen molar-refractivity contribution < 1.29 is 9.53 Å². The van der Waals surface area contributed by atoms with Crippen LogP contribution in [-0.4, -0.2) is 12.6 Å². The summed E-state index contributed by atoms with van der Waals surface area (Å²) in [5.41, 5.74) is -0.961. The van der Waals surface area contributed by atoms with Gasteiger partial charge in [0.15, 0.2) is 5.41 Å². The van der Waals surface area contributed by atoms with Crippen LogP contribution in [0, 0.1) is 22.7 Å². The van der Waals surface area contributed by atoms with Gasteiger partial charge in [-0.05, 0) is 19.8 Å². The molecule has 1 aliphatic rings. The van der Waals surface area contributed by atoms with Crippen LogP contribution in [0.1, 0.15) is 26.2 Å². The highest BCUT2D eigenvalue weighted by atomic mass is 16.5. The molecule has 0 amide bonds. The molecule has 0 heterocycles. The van der Waals surface area contributed by atoms with Gasteiger partial charge in [-0.3, -0.25) is 4.79 Å². The third-order valence-corrected chi connectivity index (χ3v) is 2.84. The fourth-order valence-electron chi connectivity index (χ4n) is 2.05. The number of carbonyl (C=O) groups is 1. The molecule has 0 aromatic carbocycles. The summed E-state index contributed by atoms with van der Waals surface area (Å²) in [6.45, 7) is 5.75. The van der Waals surface area contributed by atoms with E-state index in [4.69, 9.17) is 10.00 Å². The number of carbonyl (C=O) groups excluding carboxylic acids is 1. The number of nitrogens with zero attached hydrogens (tertiary/aromatic N) is 1. The molecule has 0 unspecified atom stereocenters. The van der Waals surface area contributed by atoms with Gasteiger partial charge >= 0.3 is 5.97 Å². The predicted molar refractivity (Wildman–Crippen MR) is 52.2 cm³/mol. The van der Waals surface area contributed by atoms with Gasteiger partial charge in [0.1, 0.15) is 0 Å². The minimum absolute atomic E-state index is 0.0495. The van der Waals surface area contributed by atoms with E-state index in [1.165, 1.54) is 0 Å². The van der Waals surface area contributed by atoms with Gasteiger partial charge in [-0.2, -0.15) is 5.26 Å². The van der Waals surface area contributed by atoms with Crippen LogP contribution >= 0.6 is 0 Å². The molecular formula is C11H15NO2. The number of hydrogen-bond donors (Lipinski definition) is 0. The maximum Gasteiger partial charge on any atom is 0.327 e. The Bertz CT molecular complexity index is 280. The van der Waals surface area contributed by atoms with Crippen molar-refractivity contribution in [1.82, 2.24) is 0 Å². The van der Waals surface area contributed by atoms with E-state index in [-0.39, 0.29) is 11.9 Å². The van der Waals surface area contributed by atoms with E-state index >= 15 is 0 Å². The van der Waals surface area contributed by atoms with Gasteiger partial charge in [0.2, 0.25) is 0 Å². The Hall–Kier alpha value is -1.30. The van der Waals surface area contributed by atoms with E-state index in [0.29, 0.717) is 13.0 Å². The van der Waals surface area contributed by atoms with Crippen LogP contribution in [0.25, 0.3) is 0 Å². The molecule has 0 saturated heterocycles. The fourth-order valence-corrected chi connectivity index (χ4v) is 2.05. The van der Waals surface area contributed by atoms with Crippen molar-refractivity contribution >= 4 is 5.97 Å². The van der Waals surface area contributed by atoms with Crippen molar-refractivity contribution in [3.8, 4) is 6.07 Å². The monoisotopic (exact) mass is 193 g/mol. The zero-order chi connectivity index (χ0) is 10.6. The van der Waals surface area contributed by atoms with E-state index in [2.05, 4.69) is 12.6 Å². The minimum atomic E-state index is -0.961. The summed E-state index contributed by atoms with van der Waals surface area (Å²) in [5.74, 6) is -0.434. The summed E-state index contributed by atoms with van der Waals surface area (Å²) in [5, 5.41) is 9.12. The van der Waals surface area contributed by atoms with Crippen molar-refractivity contribution in [3.05, 3.63) is 12.7 Å². The molecule has 1 aliphatic carbocycles. The third-order valence-electron chi connectivity index (χ3n) is 2.84. The second kappa shape index (κ2) is 4.28. The highest BCUT2D eigenvalue weighted by molar-refractivity contribution is 5.81. The predicted octanol–water partition coefficient (Wildman–Crippen LogP) is 2.05. The second-order valence-electron chi connectivity index (χ2n) is 3.54. The van der Waals surface area contributed by atoms with Gasteiger partial charge in [-0.15, -0.1) is 6.58 Å². The molecule has 0 aromatic heterocycles. The zero-order valence-corrected chi connectivity index (χ0v) is 8.45. The lowest BCUT2D eigenvalue weighted by Gasteiger charge is -2.23. The summed E-state index contributed by atoms with van der Waals surface area (Å²) >= 11 is 0. The first-order valence-electron chi connectivity index (χ1n) is 4.92. The van der Waals surface area contributed by atoms with Crippen molar-refractivity contribution in [2.75, 3.05) is 6.61 Å². The van der Waals surface area contributed by atoms with Crippen molar-refractivity contribution in [1.29, 1.82) is 5.26 Å². The Kier molecular flexibility index (Phi) is 3.29. The Morgan fingerprint density at radius 2 is 2.57 bits per heavy atom. The van der Waals surface area contributed by atoms with Crippen molar-refractivity contribution in [2.24, 2.45) is 11.3 Å². The Morgan fingerprint density at radius 3 is 3.07 bits per heavy atom. The SMILES string of the molecule is C=C[C@H]1CCC[C@@]1(C#N)C(=O)OCC. The maximum atomic E-state index is 11.7. The molecule has 0 aliphatic heterocycles. The molecule has 3 heteroatoms. The van der Waals surface area contributed by atoms with Crippen LogP contribution < -0.4 is 0 Å². The quantitative estimate of drug-likeness (QED) is 0.509. The molecule has 0 radical (unpaired) electrons. The van der Waals surface area contributed by atoms with E-state index in [1.54, 1.807) is 13.0 Å². The van der Waals surface area contributed by atoms with E-state index in [0.717, 1.165) is 12.8 Å². The third kappa shape index (κ3) is 1.52. The largest absolute Gasteiger partial charge is 0.465 e. The lowest BCUT2D eigenvalue weighted by Crippen LogP contribution is -2.34. The highest BCUT2D eigenvalue weighted by Crippen LogP contribution is 2.44. The van der Waals surface area contributed by atoms with Gasteiger partial charge in [0.05, 0.1) is 12.7 Å². The molecule has 14 heavy (non-hydrogen) atoms. The molecule has 3 nitrogen and oxygen atoms in total. The first kappa shape index (κ1) is 10.8. The molecular weight excluding hydrogens is 178 g/mol. The van der Waals surface area contributed by atoms with Crippen LogP contribution in [0.3, 0.4) is 0 Å². The lowest BCUT2D eigenvalue weighted by atomic mass is 9.79. The van der Waals surface area contributed by atoms with Crippen molar-refractivity contribution in [3.63, 3.8) is 0 Å². The molecule has 0 N–H and O–H groups in total. The number of esters is 1. The van der Waals surface area contributed by atoms with Crippen LogP contribution in [0.2, 0.25) is 0 Å². The Labute approximate surface area is 84.4 Å². The molecule has 1 fully saturated rings. The standard InChI is InChI=1S/C11H15NO2/c1-3-9-6-5-7-11(9,8-12)10(13)14-4-2/h3,9H,1,4-7H2,2H3/t9-,11-/m0/s1. The smallest absolute Gasteiger partial charge is 0.327 e. The maximum absolute atomic E-state index is 11.7. The molecule has 0 aromatic rings. The Morgan fingerprint density at radius 1 is 1.86 bits per heavy atom. The summed E-state index contributed by atoms with van der Waals surface area (Å²) in [4.78, 5) is 11.7. The molecule has 76 valence electrons. The molecule has 0 bridgehead atoms. The fraction of sp³-hybridized carbons (Fsp3) is 0.636. The number of rotatable bonds is 3. The highest BCUT2D eigenvalue weighted by Gasteiger charge is 2.49. The summed E-state index contributed by atoms with van der Waals surface area (Å²) in [6, 6.07) is 2.12. The number of allylic oxidation sites excluding steroid dienone is 1. The van der Waals surface area contributed by atoms with Gasteiger partial charge in [-0.1, -0.05) is 12.5 Å². The topological polar surface area (TPSA) is 50.1 Å². The average Bonchev–Trinajstić information content (AvgIpc) is 2.61. The van der Waals surface area contributed by atoms with E-state index in [9.17, 15) is 4.79 Å². The number of ether oxygens (including phenoxy) is 1. The van der Waals surface area contributed by atoms with Gasteiger partial charge in [-0.25, -0.2) is 0 Å². The summed E-state index contributed by atoms with van der Waals surface area (Å²) in [7, 11) is 0. The molecule has 1 saturated carbocycles. The van der Waals surface area contributed by atoms with Crippen molar-refractivity contribution in [2.45, 2.75) is 26.2 Å². The van der Waals surface area contributed by atoms with E-state index < -0.39 is 5.41 Å². The first-order chi connectivity index (χ1) is 6.71. The molecule has 2 atom stereocenters. The summed E-state index contributed by atoms with van der Waals surface area (Å²) in [6.07, 6.45) is 4.05. The molecule has 1 rings (SSSR count). The molecule has 0 spiro atoms. The zero-order valence-electron chi connectivity index (χ0n) is 8.45. The number of hydrogen-bond acceptors (Lipinski definition) is 3. The Balaban J connectivity index is 2.91. The van der Waals surface area contributed by atoms with Gasteiger partial charge in [0.25, 0.3) is 0 Å². The summed E-state index contributed by atoms with van der Waals surface area (Å²) < 4.78 is 4.94. The lowest BCUT2D eigenvalue weighted by molar-refractivity contribution is -0.153. The minimum Gasteiger partial charge on any atom is -0.465 e. The second-order valence-corrected chi connectivity index (χ2v) is 3.54. The van der Waals surface area contributed by atoms with Crippen LogP contribution in [0.5, 0.6) is 0 Å². The normalized spacial score (nSPS) is 30.7. The van der Waals surface area contributed by atoms with Crippen LogP contribution in [0.4, 0.5) is 0 Å². The van der Waals surface area contributed by atoms with Gasteiger partial charge < -0.3 is 4.74 Å². The van der Waals surface area contributed by atoms with Crippen LogP contribution in [-0.2, 0) is 9.53 Å². The average molecular weight is 193 g/mol. The first-order valence-corrected chi connectivity index (χ1v) is 4.92. The van der Waals surface area contributed by atoms with Gasteiger partial charge in [0, 0.05) is 5.92 Å². The number of nitriles is 1. The van der Waals surface area contributed by atoms with Crippen LogP contribution in [0.15, 0.2) is 12.7 Å². The van der Waals surface area contributed by atoms with E-state index in [1.807, 2.05) is 0 Å².